The molecule has 0 fully saturated rings. The van der Waals surface area contributed by atoms with Gasteiger partial charge in [-0.3, -0.25) is 0 Å². The standard InChI is InChI=1S/C17H22N2O3/c1-13-5-3-6-14(11-13)8-9-18-16(20)19-12-17(2,21)15-7-4-10-22-15/h3-7,10-11,21H,8-9,12H2,1-2H3,(H2,18,19,20)/t17-/m0/s1. The third-order valence-electron chi connectivity index (χ3n) is 3.43. The zero-order valence-corrected chi connectivity index (χ0v) is 12.9. The number of rotatable bonds is 6. The van der Waals surface area contributed by atoms with Gasteiger partial charge in [-0.2, -0.15) is 0 Å². The van der Waals surface area contributed by atoms with E-state index in [0.717, 1.165) is 6.42 Å². The highest BCUT2D eigenvalue weighted by molar-refractivity contribution is 5.73. The Kier molecular flexibility index (Phi) is 5.22. The predicted octanol–water partition coefficient (Wildman–Crippen LogP) is 2.34. The second-order valence-electron chi connectivity index (χ2n) is 5.60. The first-order chi connectivity index (χ1) is 10.5. The first-order valence-electron chi connectivity index (χ1n) is 7.31. The van der Waals surface area contributed by atoms with Gasteiger partial charge in [0.1, 0.15) is 11.4 Å². The smallest absolute Gasteiger partial charge is 0.314 e. The van der Waals surface area contributed by atoms with Crippen LogP contribution in [0.3, 0.4) is 0 Å². The van der Waals surface area contributed by atoms with Gasteiger partial charge in [0, 0.05) is 6.54 Å². The minimum absolute atomic E-state index is 0.0802. The van der Waals surface area contributed by atoms with Crippen LogP contribution in [0.25, 0.3) is 0 Å². The van der Waals surface area contributed by atoms with E-state index in [0.29, 0.717) is 12.3 Å². The van der Waals surface area contributed by atoms with Crippen LogP contribution in [-0.2, 0) is 12.0 Å². The minimum Gasteiger partial charge on any atom is -0.466 e. The average molecular weight is 302 g/mol. The van der Waals surface area contributed by atoms with E-state index in [9.17, 15) is 9.90 Å². The van der Waals surface area contributed by atoms with Gasteiger partial charge in [-0.05, 0) is 38.0 Å². The van der Waals surface area contributed by atoms with Crippen molar-refractivity contribution < 1.29 is 14.3 Å². The number of hydrogen-bond donors (Lipinski definition) is 3. The van der Waals surface area contributed by atoms with Gasteiger partial charge in [0.15, 0.2) is 0 Å². The van der Waals surface area contributed by atoms with Gasteiger partial charge < -0.3 is 20.2 Å². The van der Waals surface area contributed by atoms with Crippen LogP contribution in [0.2, 0.25) is 0 Å². The fraction of sp³-hybridized carbons (Fsp3) is 0.353. The van der Waals surface area contributed by atoms with Gasteiger partial charge >= 0.3 is 6.03 Å². The summed E-state index contributed by atoms with van der Waals surface area (Å²) in [6.07, 6.45) is 2.26. The van der Waals surface area contributed by atoms with Crippen molar-refractivity contribution in [1.82, 2.24) is 10.6 Å². The lowest BCUT2D eigenvalue weighted by molar-refractivity contribution is 0.0367. The van der Waals surface area contributed by atoms with Crippen molar-refractivity contribution in [1.29, 1.82) is 0 Å². The number of aliphatic hydroxyl groups is 1. The Morgan fingerprint density at radius 3 is 2.77 bits per heavy atom. The number of nitrogens with one attached hydrogen (secondary N) is 2. The maximum atomic E-state index is 11.8. The molecule has 2 aromatic rings. The average Bonchev–Trinajstić information content (AvgIpc) is 3.00. The molecule has 1 heterocycles. The van der Waals surface area contributed by atoms with E-state index in [2.05, 4.69) is 16.7 Å². The number of carbonyl (C=O) groups excluding carboxylic acids is 1. The molecule has 22 heavy (non-hydrogen) atoms. The molecular formula is C17H22N2O3. The molecule has 0 aliphatic carbocycles. The number of furan rings is 1. The molecule has 5 heteroatoms. The highest BCUT2D eigenvalue weighted by atomic mass is 16.4. The van der Waals surface area contributed by atoms with Crippen LogP contribution in [0.4, 0.5) is 4.79 Å². The number of aryl methyl sites for hydroxylation is 1. The summed E-state index contributed by atoms with van der Waals surface area (Å²) in [6.45, 7) is 4.26. The molecule has 0 saturated carbocycles. The maximum Gasteiger partial charge on any atom is 0.314 e. The van der Waals surface area contributed by atoms with Crippen LogP contribution >= 0.6 is 0 Å². The lowest BCUT2D eigenvalue weighted by Crippen LogP contribution is -2.43. The van der Waals surface area contributed by atoms with Gasteiger partial charge in [-0.25, -0.2) is 4.79 Å². The van der Waals surface area contributed by atoms with Gasteiger partial charge in [-0.1, -0.05) is 29.8 Å². The lowest BCUT2D eigenvalue weighted by Gasteiger charge is -2.21. The molecule has 0 saturated heterocycles. The number of amides is 2. The first kappa shape index (κ1) is 16.1. The van der Waals surface area contributed by atoms with Crippen molar-refractivity contribution in [3.63, 3.8) is 0 Å². The van der Waals surface area contributed by atoms with Gasteiger partial charge in [0.25, 0.3) is 0 Å². The van der Waals surface area contributed by atoms with Gasteiger partial charge in [0.05, 0.1) is 12.8 Å². The summed E-state index contributed by atoms with van der Waals surface area (Å²) in [4.78, 5) is 11.8. The molecule has 0 spiro atoms. The summed E-state index contributed by atoms with van der Waals surface area (Å²) in [5.41, 5.74) is 1.16. The van der Waals surface area contributed by atoms with E-state index in [4.69, 9.17) is 4.42 Å². The normalized spacial score (nSPS) is 13.4. The fourth-order valence-electron chi connectivity index (χ4n) is 2.18. The van der Waals surface area contributed by atoms with E-state index in [1.165, 1.54) is 17.4 Å². The van der Waals surface area contributed by atoms with Crippen LogP contribution in [0.15, 0.2) is 47.1 Å². The van der Waals surface area contributed by atoms with E-state index in [-0.39, 0.29) is 12.6 Å². The van der Waals surface area contributed by atoms with E-state index in [1.54, 1.807) is 19.1 Å². The highest BCUT2D eigenvalue weighted by Gasteiger charge is 2.26. The summed E-state index contributed by atoms with van der Waals surface area (Å²) in [5.74, 6) is 0.424. The molecule has 3 N–H and O–H groups in total. The summed E-state index contributed by atoms with van der Waals surface area (Å²) >= 11 is 0. The van der Waals surface area contributed by atoms with Crippen molar-refractivity contribution in [3.8, 4) is 0 Å². The zero-order valence-electron chi connectivity index (χ0n) is 12.9. The Bertz CT molecular complexity index is 606. The Morgan fingerprint density at radius 2 is 2.09 bits per heavy atom. The Hall–Kier alpha value is -2.27. The summed E-state index contributed by atoms with van der Waals surface area (Å²) in [6, 6.07) is 11.3. The van der Waals surface area contributed by atoms with Crippen LogP contribution < -0.4 is 10.6 Å². The molecule has 0 unspecified atom stereocenters. The van der Waals surface area contributed by atoms with Crippen molar-refractivity contribution in [2.45, 2.75) is 25.9 Å². The van der Waals surface area contributed by atoms with E-state index >= 15 is 0 Å². The first-order valence-corrected chi connectivity index (χ1v) is 7.31. The van der Waals surface area contributed by atoms with Crippen molar-refractivity contribution >= 4 is 6.03 Å². The fourth-order valence-corrected chi connectivity index (χ4v) is 2.18. The molecule has 2 amide bonds. The minimum atomic E-state index is -1.22. The zero-order chi connectivity index (χ0) is 16.0. The number of hydrogen-bond acceptors (Lipinski definition) is 3. The predicted molar refractivity (Wildman–Crippen MR) is 84.6 cm³/mol. The molecule has 1 aromatic carbocycles. The topological polar surface area (TPSA) is 74.5 Å². The van der Waals surface area contributed by atoms with Crippen molar-refractivity contribution in [2.24, 2.45) is 0 Å². The van der Waals surface area contributed by atoms with Gasteiger partial charge in [0.2, 0.25) is 0 Å². The second kappa shape index (κ2) is 7.13. The summed E-state index contributed by atoms with van der Waals surface area (Å²) in [5, 5.41) is 15.6. The van der Waals surface area contributed by atoms with Crippen LogP contribution in [0.5, 0.6) is 0 Å². The monoisotopic (exact) mass is 302 g/mol. The van der Waals surface area contributed by atoms with Gasteiger partial charge in [-0.15, -0.1) is 0 Å². The SMILES string of the molecule is Cc1cccc(CCNC(=O)NC[C@](C)(O)c2ccco2)c1. The Balaban J connectivity index is 1.72. The van der Waals surface area contributed by atoms with Crippen LogP contribution in [0, 0.1) is 6.92 Å². The maximum absolute atomic E-state index is 11.8. The third kappa shape index (κ3) is 4.63. The van der Waals surface area contributed by atoms with E-state index < -0.39 is 5.60 Å². The molecule has 118 valence electrons. The highest BCUT2D eigenvalue weighted by Crippen LogP contribution is 2.19. The Morgan fingerprint density at radius 1 is 1.27 bits per heavy atom. The van der Waals surface area contributed by atoms with E-state index in [1.807, 2.05) is 25.1 Å². The van der Waals surface area contributed by atoms with Crippen LogP contribution in [-0.4, -0.2) is 24.2 Å². The molecule has 5 nitrogen and oxygen atoms in total. The molecule has 2 rings (SSSR count). The van der Waals surface area contributed by atoms with Crippen molar-refractivity contribution in [3.05, 3.63) is 59.5 Å². The van der Waals surface area contributed by atoms with Crippen LogP contribution in [0.1, 0.15) is 23.8 Å². The number of benzene rings is 1. The molecule has 0 aliphatic heterocycles. The number of urea groups is 1. The third-order valence-corrected chi connectivity index (χ3v) is 3.43. The number of carbonyl (C=O) groups is 1. The second-order valence-corrected chi connectivity index (χ2v) is 5.60. The Labute approximate surface area is 130 Å². The quantitative estimate of drug-likeness (QED) is 0.766. The largest absolute Gasteiger partial charge is 0.466 e. The lowest BCUT2D eigenvalue weighted by atomic mass is 10.0. The summed E-state index contributed by atoms with van der Waals surface area (Å²) in [7, 11) is 0. The van der Waals surface area contributed by atoms with Crippen molar-refractivity contribution in [2.75, 3.05) is 13.1 Å². The summed E-state index contributed by atoms with van der Waals surface area (Å²) < 4.78 is 5.16. The molecule has 0 aliphatic rings. The molecule has 0 radical (unpaired) electrons. The molecular weight excluding hydrogens is 280 g/mol. The molecule has 1 aromatic heterocycles. The molecule has 1 atom stereocenters. The molecule has 0 bridgehead atoms.